The average Bonchev–Trinajstić information content (AvgIpc) is 2.85. The molecule has 0 aromatic carbocycles. The maximum absolute atomic E-state index is 11.9. The molecule has 1 atom stereocenters. The van der Waals surface area contributed by atoms with Crippen LogP contribution in [0.2, 0.25) is 0 Å². The monoisotopic (exact) mass is 316 g/mol. The molecule has 1 amide bonds. The van der Waals surface area contributed by atoms with Crippen LogP contribution in [-0.2, 0) is 11.2 Å². The van der Waals surface area contributed by atoms with Crippen molar-refractivity contribution in [1.82, 2.24) is 20.8 Å². The Morgan fingerprint density at radius 3 is 2.81 bits per heavy atom. The standard InChI is InChI=1S/C14H24N4O2.ClH/c1-10(12-3-6-15-7-4-12)9-13(19)16-8-5-14-17-11(2)18-20-14;/h10,12,15H,3-9H2,1-2H3,(H,16,19);1H. The summed E-state index contributed by atoms with van der Waals surface area (Å²) in [5.74, 6) is 2.44. The van der Waals surface area contributed by atoms with Crippen molar-refractivity contribution in [2.24, 2.45) is 11.8 Å². The quantitative estimate of drug-likeness (QED) is 0.831. The molecule has 2 rings (SSSR count). The van der Waals surface area contributed by atoms with Gasteiger partial charge in [0, 0.05) is 19.4 Å². The first-order valence-corrected chi connectivity index (χ1v) is 7.41. The first kappa shape index (κ1) is 17.9. The van der Waals surface area contributed by atoms with Crippen molar-refractivity contribution < 1.29 is 9.32 Å². The largest absolute Gasteiger partial charge is 0.356 e. The predicted molar refractivity (Wildman–Crippen MR) is 82.4 cm³/mol. The molecular weight excluding hydrogens is 292 g/mol. The molecule has 0 aliphatic carbocycles. The Bertz CT molecular complexity index is 432. The molecule has 1 unspecified atom stereocenters. The fourth-order valence-electron chi connectivity index (χ4n) is 2.69. The van der Waals surface area contributed by atoms with Gasteiger partial charge in [-0.2, -0.15) is 4.98 Å². The second-order valence-electron chi connectivity index (χ2n) is 5.60. The summed E-state index contributed by atoms with van der Waals surface area (Å²) in [4.78, 5) is 16.0. The number of rotatable bonds is 6. The highest BCUT2D eigenvalue weighted by Gasteiger charge is 2.21. The number of aryl methyl sites for hydroxylation is 1. The molecule has 0 saturated carbocycles. The Morgan fingerprint density at radius 1 is 1.48 bits per heavy atom. The maximum Gasteiger partial charge on any atom is 0.228 e. The van der Waals surface area contributed by atoms with Crippen LogP contribution in [0.3, 0.4) is 0 Å². The Labute approximate surface area is 131 Å². The fourth-order valence-corrected chi connectivity index (χ4v) is 2.69. The van der Waals surface area contributed by atoms with Crippen LogP contribution in [0.5, 0.6) is 0 Å². The summed E-state index contributed by atoms with van der Waals surface area (Å²) in [6.07, 6.45) is 3.55. The molecule has 1 aromatic rings. The highest BCUT2D eigenvalue weighted by molar-refractivity contribution is 5.85. The number of amides is 1. The minimum atomic E-state index is 0. The molecule has 2 heterocycles. The second kappa shape index (κ2) is 9.00. The lowest BCUT2D eigenvalue weighted by Crippen LogP contribution is -2.34. The van der Waals surface area contributed by atoms with E-state index in [-0.39, 0.29) is 18.3 Å². The summed E-state index contributed by atoms with van der Waals surface area (Å²) >= 11 is 0. The van der Waals surface area contributed by atoms with Crippen LogP contribution < -0.4 is 10.6 Å². The molecule has 7 heteroatoms. The Balaban J connectivity index is 0.00000220. The second-order valence-corrected chi connectivity index (χ2v) is 5.60. The molecule has 0 spiro atoms. The van der Waals surface area contributed by atoms with Crippen LogP contribution in [0.15, 0.2) is 4.52 Å². The van der Waals surface area contributed by atoms with Gasteiger partial charge in [0.15, 0.2) is 5.82 Å². The van der Waals surface area contributed by atoms with Gasteiger partial charge in [-0.25, -0.2) is 0 Å². The number of nitrogens with one attached hydrogen (secondary N) is 2. The summed E-state index contributed by atoms with van der Waals surface area (Å²) in [6.45, 7) is 6.67. The van der Waals surface area contributed by atoms with Gasteiger partial charge in [-0.05, 0) is 44.7 Å². The first-order chi connectivity index (χ1) is 9.65. The highest BCUT2D eigenvalue weighted by atomic mass is 35.5. The van der Waals surface area contributed by atoms with E-state index in [0.717, 1.165) is 13.1 Å². The van der Waals surface area contributed by atoms with Crippen molar-refractivity contribution >= 4 is 18.3 Å². The molecule has 2 N–H and O–H groups in total. The van der Waals surface area contributed by atoms with Crippen LogP contribution in [0.4, 0.5) is 0 Å². The molecule has 1 aliphatic heterocycles. The Kier molecular flexibility index (Phi) is 7.67. The van der Waals surface area contributed by atoms with Crippen molar-refractivity contribution in [2.75, 3.05) is 19.6 Å². The van der Waals surface area contributed by atoms with E-state index in [1.54, 1.807) is 6.92 Å². The van der Waals surface area contributed by atoms with Gasteiger partial charge in [0.05, 0.1) is 0 Å². The molecule has 6 nitrogen and oxygen atoms in total. The van der Waals surface area contributed by atoms with Crippen LogP contribution in [-0.4, -0.2) is 35.7 Å². The number of aromatic nitrogens is 2. The van der Waals surface area contributed by atoms with E-state index in [4.69, 9.17) is 4.52 Å². The van der Waals surface area contributed by atoms with E-state index in [1.165, 1.54) is 12.8 Å². The molecule has 21 heavy (non-hydrogen) atoms. The summed E-state index contributed by atoms with van der Waals surface area (Å²) in [6, 6.07) is 0. The number of hydrogen-bond donors (Lipinski definition) is 2. The highest BCUT2D eigenvalue weighted by Crippen LogP contribution is 2.23. The van der Waals surface area contributed by atoms with E-state index >= 15 is 0 Å². The molecule has 1 saturated heterocycles. The van der Waals surface area contributed by atoms with Crippen molar-refractivity contribution in [2.45, 2.75) is 39.5 Å². The average molecular weight is 317 g/mol. The van der Waals surface area contributed by atoms with Gasteiger partial charge in [-0.15, -0.1) is 12.4 Å². The lowest BCUT2D eigenvalue weighted by atomic mass is 9.84. The van der Waals surface area contributed by atoms with Gasteiger partial charge in [0.1, 0.15) is 0 Å². The van der Waals surface area contributed by atoms with Crippen molar-refractivity contribution in [3.63, 3.8) is 0 Å². The lowest BCUT2D eigenvalue weighted by Gasteiger charge is -2.27. The molecule has 1 fully saturated rings. The number of nitrogens with zero attached hydrogens (tertiary/aromatic N) is 2. The fraction of sp³-hybridized carbons (Fsp3) is 0.786. The number of piperidine rings is 1. The maximum atomic E-state index is 11.9. The minimum Gasteiger partial charge on any atom is -0.356 e. The van der Waals surface area contributed by atoms with Gasteiger partial charge >= 0.3 is 0 Å². The Morgan fingerprint density at radius 2 is 2.19 bits per heavy atom. The van der Waals surface area contributed by atoms with Gasteiger partial charge in [-0.3, -0.25) is 4.79 Å². The zero-order valence-electron chi connectivity index (χ0n) is 12.7. The van der Waals surface area contributed by atoms with E-state index in [9.17, 15) is 4.79 Å². The third-order valence-corrected chi connectivity index (χ3v) is 3.93. The summed E-state index contributed by atoms with van der Waals surface area (Å²) in [5, 5.41) is 10.0. The Hall–Kier alpha value is -1.14. The number of hydrogen-bond acceptors (Lipinski definition) is 5. The third kappa shape index (κ3) is 6.01. The molecule has 0 radical (unpaired) electrons. The van der Waals surface area contributed by atoms with Crippen LogP contribution in [0.1, 0.15) is 37.9 Å². The van der Waals surface area contributed by atoms with Gasteiger partial charge in [0.25, 0.3) is 0 Å². The zero-order chi connectivity index (χ0) is 14.4. The predicted octanol–water partition coefficient (Wildman–Crippen LogP) is 1.48. The van der Waals surface area contributed by atoms with Crippen LogP contribution in [0, 0.1) is 18.8 Å². The number of carbonyl (C=O) groups excluding carboxylic acids is 1. The van der Waals surface area contributed by atoms with E-state index in [0.29, 0.717) is 42.9 Å². The van der Waals surface area contributed by atoms with Gasteiger partial charge < -0.3 is 15.2 Å². The minimum absolute atomic E-state index is 0. The van der Waals surface area contributed by atoms with Crippen LogP contribution >= 0.6 is 12.4 Å². The lowest BCUT2D eigenvalue weighted by molar-refractivity contribution is -0.122. The first-order valence-electron chi connectivity index (χ1n) is 7.41. The third-order valence-electron chi connectivity index (χ3n) is 3.93. The summed E-state index contributed by atoms with van der Waals surface area (Å²) < 4.78 is 5.00. The van der Waals surface area contributed by atoms with E-state index in [2.05, 4.69) is 27.7 Å². The molecule has 120 valence electrons. The zero-order valence-corrected chi connectivity index (χ0v) is 13.5. The van der Waals surface area contributed by atoms with Crippen LogP contribution in [0.25, 0.3) is 0 Å². The molecule has 0 bridgehead atoms. The van der Waals surface area contributed by atoms with Gasteiger partial charge in [0.2, 0.25) is 11.8 Å². The molecule has 1 aliphatic rings. The van der Waals surface area contributed by atoms with Crippen molar-refractivity contribution in [3.05, 3.63) is 11.7 Å². The van der Waals surface area contributed by atoms with E-state index in [1.807, 2.05) is 0 Å². The van der Waals surface area contributed by atoms with Gasteiger partial charge in [-0.1, -0.05) is 12.1 Å². The number of halogens is 1. The normalized spacial score (nSPS) is 17.0. The van der Waals surface area contributed by atoms with Crippen molar-refractivity contribution in [3.8, 4) is 0 Å². The SMILES string of the molecule is Cc1noc(CCNC(=O)CC(C)C2CCNCC2)n1.Cl. The summed E-state index contributed by atoms with van der Waals surface area (Å²) in [5.41, 5.74) is 0. The summed E-state index contributed by atoms with van der Waals surface area (Å²) in [7, 11) is 0. The van der Waals surface area contributed by atoms with Crippen molar-refractivity contribution in [1.29, 1.82) is 0 Å². The molecular formula is C14H25ClN4O2. The smallest absolute Gasteiger partial charge is 0.228 e. The topological polar surface area (TPSA) is 80.0 Å². The van der Waals surface area contributed by atoms with E-state index < -0.39 is 0 Å². The number of carbonyl (C=O) groups is 1. The molecule has 1 aromatic heterocycles.